The molecule has 1 aromatic carbocycles. The fraction of sp³-hybridized carbons (Fsp3) is 0.450. The zero-order valence-corrected chi connectivity index (χ0v) is 15.0. The number of ether oxygens (including phenoxy) is 1. The molecule has 3 nitrogen and oxygen atoms in total. The number of anilines is 1. The monoisotopic (exact) mass is 338 g/mol. The molecule has 1 atom stereocenters. The third kappa shape index (κ3) is 2.53. The van der Waals surface area contributed by atoms with Gasteiger partial charge in [0, 0.05) is 16.1 Å². The first-order valence-corrected chi connectivity index (χ1v) is 9.53. The Balaban J connectivity index is 1.82. The molecule has 0 amide bonds. The van der Waals surface area contributed by atoms with Crippen molar-refractivity contribution >= 4 is 17.0 Å². The Bertz CT molecular complexity index is 812. The summed E-state index contributed by atoms with van der Waals surface area (Å²) in [6.45, 7) is 4.18. The summed E-state index contributed by atoms with van der Waals surface area (Å²) in [6.07, 6.45) is 6.01. The number of rotatable bonds is 1. The standard InChI is InChI=1S/C20H22N2OS/c1-13-10-16(12-21)24-19(13)15-6-7-18-17(11-15)20(23-14(2)22-18)8-4-3-5-9-20/h6-7,10-11,14,22H,3-5,8-9H2,1-2H3. The zero-order valence-electron chi connectivity index (χ0n) is 14.2. The van der Waals surface area contributed by atoms with Crippen LogP contribution in [0.1, 0.15) is 55.0 Å². The maximum Gasteiger partial charge on any atom is 0.126 e. The number of thiophene rings is 1. The number of hydrogen-bond donors (Lipinski definition) is 1. The van der Waals surface area contributed by atoms with Crippen LogP contribution in [0.25, 0.3) is 10.4 Å². The van der Waals surface area contributed by atoms with Crippen LogP contribution >= 0.6 is 11.3 Å². The molecule has 2 heterocycles. The van der Waals surface area contributed by atoms with Crippen LogP contribution in [0.3, 0.4) is 0 Å². The highest BCUT2D eigenvalue weighted by Crippen LogP contribution is 2.48. The van der Waals surface area contributed by atoms with Gasteiger partial charge in [-0.3, -0.25) is 0 Å². The van der Waals surface area contributed by atoms with Gasteiger partial charge in [0.05, 0.1) is 5.60 Å². The molecular weight excluding hydrogens is 316 g/mol. The van der Waals surface area contributed by atoms with Crippen molar-refractivity contribution in [3.8, 4) is 16.5 Å². The van der Waals surface area contributed by atoms with E-state index in [1.54, 1.807) is 11.3 Å². The first kappa shape index (κ1) is 15.7. The van der Waals surface area contributed by atoms with Crippen molar-refractivity contribution in [2.45, 2.75) is 57.8 Å². The molecule has 1 aliphatic carbocycles. The molecule has 1 unspecified atom stereocenters. The summed E-state index contributed by atoms with van der Waals surface area (Å²) in [5, 5.41) is 12.6. The molecule has 4 heteroatoms. The Hall–Kier alpha value is -1.83. The summed E-state index contributed by atoms with van der Waals surface area (Å²) in [6, 6.07) is 10.9. The van der Waals surface area contributed by atoms with E-state index in [1.165, 1.54) is 46.5 Å². The maximum atomic E-state index is 9.17. The molecule has 0 radical (unpaired) electrons. The number of nitrogens with zero attached hydrogens (tertiary/aromatic N) is 1. The molecule has 1 aliphatic heterocycles. The smallest absolute Gasteiger partial charge is 0.126 e. The highest BCUT2D eigenvalue weighted by molar-refractivity contribution is 7.16. The molecule has 0 saturated heterocycles. The molecule has 0 bridgehead atoms. The summed E-state index contributed by atoms with van der Waals surface area (Å²) in [5.74, 6) is 0. The van der Waals surface area contributed by atoms with Crippen LogP contribution in [0.5, 0.6) is 0 Å². The van der Waals surface area contributed by atoms with Crippen molar-refractivity contribution < 1.29 is 4.74 Å². The quantitative estimate of drug-likeness (QED) is 0.742. The van der Waals surface area contributed by atoms with Gasteiger partial charge >= 0.3 is 0 Å². The second-order valence-corrected chi connectivity index (χ2v) is 8.01. The average molecular weight is 338 g/mol. The molecule has 1 spiro atoms. The molecule has 1 aromatic heterocycles. The summed E-state index contributed by atoms with van der Waals surface area (Å²) in [5.41, 5.74) is 4.73. The number of fused-ring (bicyclic) bond motifs is 2. The second kappa shape index (κ2) is 5.91. The summed E-state index contributed by atoms with van der Waals surface area (Å²) in [7, 11) is 0. The van der Waals surface area contributed by atoms with Crippen molar-refractivity contribution in [1.29, 1.82) is 5.26 Å². The van der Waals surface area contributed by atoms with Gasteiger partial charge in [0.2, 0.25) is 0 Å². The van der Waals surface area contributed by atoms with E-state index in [0.29, 0.717) is 0 Å². The van der Waals surface area contributed by atoms with Gasteiger partial charge in [-0.05, 0) is 56.0 Å². The molecule has 1 saturated carbocycles. The minimum atomic E-state index is -0.141. The van der Waals surface area contributed by atoms with Gasteiger partial charge in [0.1, 0.15) is 17.2 Å². The Labute approximate surface area is 147 Å². The summed E-state index contributed by atoms with van der Waals surface area (Å²) >= 11 is 1.58. The molecular formula is C20H22N2OS. The fourth-order valence-corrected chi connectivity index (χ4v) is 5.14. The number of benzene rings is 1. The van der Waals surface area contributed by atoms with Crippen molar-refractivity contribution in [2.75, 3.05) is 5.32 Å². The van der Waals surface area contributed by atoms with E-state index in [4.69, 9.17) is 4.74 Å². The van der Waals surface area contributed by atoms with Crippen LogP contribution in [-0.4, -0.2) is 6.23 Å². The molecule has 1 N–H and O–H groups in total. The van der Waals surface area contributed by atoms with E-state index in [0.717, 1.165) is 17.7 Å². The van der Waals surface area contributed by atoms with E-state index in [2.05, 4.69) is 43.4 Å². The van der Waals surface area contributed by atoms with Crippen LogP contribution < -0.4 is 5.32 Å². The Morgan fingerprint density at radius 3 is 2.75 bits per heavy atom. The molecule has 4 rings (SSSR count). The van der Waals surface area contributed by atoms with E-state index in [1.807, 2.05) is 6.07 Å². The lowest BCUT2D eigenvalue weighted by atomic mass is 9.77. The van der Waals surface area contributed by atoms with Crippen molar-refractivity contribution in [3.63, 3.8) is 0 Å². The SMILES string of the molecule is Cc1cc(C#N)sc1-c1ccc2c(c1)C1(CCCCC1)OC(C)N2. The predicted molar refractivity (Wildman–Crippen MR) is 98.1 cm³/mol. The highest BCUT2D eigenvalue weighted by atomic mass is 32.1. The molecule has 24 heavy (non-hydrogen) atoms. The van der Waals surface area contributed by atoms with E-state index >= 15 is 0 Å². The van der Waals surface area contributed by atoms with Crippen LogP contribution in [0.4, 0.5) is 5.69 Å². The maximum absolute atomic E-state index is 9.17. The van der Waals surface area contributed by atoms with E-state index in [-0.39, 0.29) is 11.8 Å². The molecule has 1 fully saturated rings. The number of nitrogens with one attached hydrogen (secondary N) is 1. The Kier molecular flexibility index (Phi) is 3.86. The van der Waals surface area contributed by atoms with E-state index in [9.17, 15) is 5.26 Å². The normalized spacial score (nSPS) is 21.8. The van der Waals surface area contributed by atoms with Gasteiger partial charge in [0.25, 0.3) is 0 Å². The minimum Gasteiger partial charge on any atom is -0.360 e. The van der Waals surface area contributed by atoms with Gasteiger partial charge < -0.3 is 10.1 Å². The lowest BCUT2D eigenvalue weighted by molar-refractivity contribution is -0.110. The summed E-state index contributed by atoms with van der Waals surface area (Å²) < 4.78 is 6.43. The van der Waals surface area contributed by atoms with Gasteiger partial charge in [-0.15, -0.1) is 11.3 Å². The Morgan fingerprint density at radius 2 is 2.04 bits per heavy atom. The van der Waals surface area contributed by atoms with Gasteiger partial charge in [-0.1, -0.05) is 25.3 Å². The van der Waals surface area contributed by atoms with Gasteiger partial charge in [-0.2, -0.15) is 5.26 Å². The third-order valence-corrected chi connectivity index (χ3v) is 6.41. The first-order chi connectivity index (χ1) is 11.6. The van der Waals surface area contributed by atoms with Gasteiger partial charge in [0.15, 0.2) is 0 Å². The van der Waals surface area contributed by atoms with Crippen LogP contribution in [-0.2, 0) is 10.3 Å². The predicted octanol–water partition coefficient (Wildman–Crippen LogP) is 5.54. The highest BCUT2D eigenvalue weighted by Gasteiger charge is 2.41. The van der Waals surface area contributed by atoms with Crippen molar-refractivity contribution in [2.24, 2.45) is 0 Å². The van der Waals surface area contributed by atoms with Crippen molar-refractivity contribution in [1.82, 2.24) is 0 Å². The van der Waals surface area contributed by atoms with Crippen LogP contribution in [0.15, 0.2) is 24.3 Å². The lowest BCUT2D eigenvalue weighted by Crippen LogP contribution is -2.42. The minimum absolute atomic E-state index is 0.0510. The Morgan fingerprint density at radius 1 is 1.25 bits per heavy atom. The second-order valence-electron chi connectivity index (χ2n) is 6.95. The fourth-order valence-electron chi connectivity index (χ4n) is 4.17. The zero-order chi connectivity index (χ0) is 16.7. The average Bonchev–Trinajstić information content (AvgIpc) is 2.96. The first-order valence-electron chi connectivity index (χ1n) is 8.71. The van der Waals surface area contributed by atoms with E-state index < -0.39 is 0 Å². The van der Waals surface area contributed by atoms with Crippen LogP contribution in [0, 0.1) is 18.3 Å². The van der Waals surface area contributed by atoms with Crippen molar-refractivity contribution in [3.05, 3.63) is 40.3 Å². The lowest BCUT2D eigenvalue weighted by Gasteiger charge is -2.45. The molecule has 2 aliphatic rings. The van der Waals surface area contributed by atoms with Gasteiger partial charge in [-0.25, -0.2) is 0 Å². The molecule has 2 aromatic rings. The number of hydrogen-bond acceptors (Lipinski definition) is 4. The summed E-state index contributed by atoms with van der Waals surface area (Å²) in [4.78, 5) is 1.97. The molecule has 124 valence electrons. The third-order valence-electron chi connectivity index (χ3n) is 5.22. The van der Waals surface area contributed by atoms with Crippen LogP contribution in [0.2, 0.25) is 0 Å². The topological polar surface area (TPSA) is 45.0 Å². The largest absolute Gasteiger partial charge is 0.360 e. The number of aryl methyl sites for hydroxylation is 1. The number of nitriles is 1.